The molecule has 2 rings (SSSR count). The van der Waals surface area contributed by atoms with E-state index >= 15 is 0 Å². The topological polar surface area (TPSA) is 88.7 Å². The zero-order valence-electron chi connectivity index (χ0n) is 18.5. The smallest absolute Gasteiger partial charge is 0.279 e. The van der Waals surface area contributed by atoms with Crippen LogP contribution in [-0.4, -0.2) is 29.6 Å². The predicted molar refractivity (Wildman–Crippen MR) is 134 cm³/mol. The molecule has 1 unspecified atom stereocenters. The molecule has 2 aromatic rings. The minimum atomic E-state index is -0.892. The van der Waals surface area contributed by atoms with Crippen LogP contribution >= 0.6 is 35.4 Å². The molecule has 178 valence electrons. The van der Waals surface area contributed by atoms with Gasteiger partial charge in [0.1, 0.15) is 11.5 Å². The van der Waals surface area contributed by atoms with Crippen molar-refractivity contribution in [3.05, 3.63) is 58.1 Å². The van der Waals surface area contributed by atoms with Gasteiger partial charge in [0.05, 0.1) is 17.2 Å². The van der Waals surface area contributed by atoms with Crippen LogP contribution < -0.4 is 25.6 Å². The summed E-state index contributed by atoms with van der Waals surface area (Å²) in [6, 6.07) is 11.6. The van der Waals surface area contributed by atoms with E-state index in [1.54, 1.807) is 36.4 Å². The summed E-state index contributed by atoms with van der Waals surface area (Å²) in [5.41, 5.74) is 5.22. The van der Waals surface area contributed by atoms with Crippen LogP contribution in [0.1, 0.15) is 49.9 Å². The fourth-order valence-electron chi connectivity index (χ4n) is 2.73. The maximum absolute atomic E-state index is 12.6. The molecule has 0 fully saturated rings. The first kappa shape index (κ1) is 26.7. The number of hydrogen-bond donors (Lipinski definition) is 3. The van der Waals surface area contributed by atoms with Crippen molar-refractivity contribution >= 4 is 52.3 Å². The van der Waals surface area contributed by atoms with Crippen molar-refractivity contribution in [3.63, 3.8) is 0 Å². The Morgan fingerprint density at radius 3 is 2.52 bits per heavy atom. The molecule has 7 nitrogen and oxygen atoms in total. The largest absolute Gasteiger partial charge is 0.493 e. The maximum atomic E-state index is 12.6. The zero-order valence-corrected chi connectivity index (χ0v) is 20.8. The number of rotatable bonds is 10. The van der Waals surface area contributed by atoms with Gasteiger partial charge in [0, 0.05) is 5.02 Å². The lowest BCUT2D eigenvalue weighted by molar-refractivity contribution is -0.127. The van der Waals surface area contributed by atoms with Crippen molar-refractivity contribution in [1.82, 2.24) is 16.2 Å². The molecule has 3 N–H and O–H groups in total. The molecule has 0 radical (unpaired) electrons. The molecule has 0 saturated heterocycles. The summed E-state index contributed by atoms with van der Waals surface area (Å²) < 4.78 is 11.3. The van der Waals surface area contributed by atoms with Crippen LogP contribution in [0.25, 0.3) is 0 Å². The number of carbonyl (C=O) groups is 2. The third-order valence-corrected chi connectivity index (χ3v) is 5.21. The molecule has 0 aliphatic heterocycles. The summed E-state index contributed by atoms with van der Waals surface area (Å²) in [7, 11) is 0. The Bertz CT molecular complexity index is 974. The van der Waals surface area contributed by atoms with Gasteiger partial charge in [0.2, 0.25) is 0 Å². The van der Waals surface area contributed by atoms with Crippen LogP contribution in [0.5, 0.6) is 11.5 Å². The number of benzene rings is 2. The van der Waals surface area contributed by atoms with Gasteiger partial charge in [0.25, 0.3) is 11.8 Å². The molecule has 2 aromatic carbocycles. The van der Waals surface area contributed by atoms with Crippen LogP contribution in [0.15, 0.2) is 42.5 Å². The number of ether oxygens (including phenoxy) is 2. The summed E-state index contributed by atoms with van der Waals surface area (Å²) in [6.45, 7) is 4.21. The van der Waals surface area contributed by atoms with Crippen LogP contribution in [0.3, 0.4) is 0 Å². The average Bonchev–Trinajstić information content (AvgIpc) is 2.79. The van der Waals surface area contributed by atoms with Crippen molar-refractivity contribution in [2.45, 2.75) is 45.6 Å². The normalized spacial score (nSPS) is 11.3. The minimum Gasteiger partial charge on any atom is -0.493 e. The van der Waals surface area contributed by atoms with Crippen LogP contribution in [0.2, 0.25) is 10.0 Å². The highest BCUT2D eigenvalue weighted by molar-refractivity contribution is 7.80. The van der Waals surface area contributed by atoms with Gasteiger partial charge in [-0.25, -0.2) is 0 Å². The molecule has 0 heterocycles. The number of para-hydroxylation sites is 1. The number of thiocarbonyl (C=S) groups is 1. The first-order valence-electron chi connectivity index (χ1n) is 10.6. The summed E-state index contributed by atoms with van der Waals surface area (Å²) in [5, 5.41) is 3.17. The van der Waals surface area contributed by atoms with Crippen LogP contribution in [-0.2, 0) is 4.79 Å². The molecule has 2 amide bonds. The summed E-state index contributed by atoms with van der Waals surface area (Å²) in [4.78, 5) is 24.9. The lowest BCUT2D eigenvalue weighted by atomic mass is 10.2. The SMILES string of the molecule is CCCCCCOc1ccccc1C(=O)NC(=S)NNC(=O)C(C)Oc1ccc(Cl)cc1Cl. The number of unbranched alkanes of at least 4 members (excludes halogenated alkanes) is 3. The van der Waals surface area contributed by atoms with Crippen molar-refractivity contribution in [1.29, 1.82) is 0 Å². The van der Waals surface area contributed by atoms with Gasteiger partial charge in [0.15, 0.2) is 11.2 Å². The first-order chi connectivity index (χ1) is 15.8. The molecule has 10 heteroatoms. The third-order valence-electron chi connectivity index (χ3n) is 4.48. The fraction of sp³-hybridized carbons (Fsp3) is 0.348. The van der Waals surface area contributed by atoms with Gasteiger partial charge in [-0.05, 0) is 55.9 Å². The van der Waals surface area contributed by atoms with E-state index in [4.69, 9.17) is 44.9 Å². The van der Waals surface area contributed by atoms with E-state index in [9.17, 15) is 9.59 Å². The van der Waals surface area contributed by atoms with E-state index in [0.29, 0.717) is 28.7 Å². The fourth-order valence-corrected chi connectivity index (χ4v) is 3.32. The zero-order chi connectivity index (χ0) is 24.2. The van der Waals surface area contributed by atoms with Gasteiger partial charge < -0.3 is 9.47 Å². The lowest BCUT2D eigenvalue weighted by Gasteiger charge is -2.17. The number of hydrazine groups is 1. The van der Waals surface area contributed by atoms with Gasteiger partial charge in [-0.15, -0.1) is 0 Å². The van der Waals surface area contributed by atoms with E-state index in [0.717, 1.165) is 25.7 Å². The van der Waals surface area contributed by atoms with Crippen molar-refractivity contribution in [2.24, 2.45) is 0 Å². The molecule has 0 aliphatic rings. The van der Waals surface area contributed by atoms with Gasteiger partial charge in [-0.1, -0.05) is 61.5 Å². The monoisotopic (exact) mass is 511 g/mol. The van der Waals surface area contributed by atoms with Crippen LogP contribution in [0, 0.1) is 0 Å². The highest BCUT2D eigenvalue weighted by Crippen LogP contribution is 2.28. The van der Waals surface area contributed by atoms with E-state index in [-0.39, 0.29) is 10.1 Å². The standard InChI is InChI=1S/C23H27Cl2N3O4S/c1-3-4-5-8-13-31-19-10-7-6-9-17(19)22(30)26-23(33)28-27-21(29)15(2)32-20-12-11-16(24)14-18(20)25/h6-7,9-12,14-15H,3-5,8,13H2,1-2H3,(H,27,29)(H2,26,28,30,33). The second-order valence-corrected chi connectivity index (χ2v) is 8.39. The Kier molecular flexibility index (Phi) is 11.2. The molecular formula is C23H27Cl2N3O4S. The number of hydrogen-bond acceptors (Lipinski definition) is 5. The van der Waals surface area contributed by atoms with E-state index in [1.165, 1.54) is 13.0 Å². The third kappa shape index (κ3) is 9.07. The van der Waals surface area contributed by atoms with Gasteiger partial charge >= 0.3 is 0 Å². The lowest BCUT2D eigenvalue weighted by Crippen LogP contribution is -2.51. The van der Waals surface area contributed by atoms with E-state index in [2.05, 4.69) is 23.1 Å². The Hall–Kier alpha value is -2.55. The molecule has 0 saturated carbocycles. The highest BCUT2D eigenvalue weighted by atomic mass is 35.5. The van der Waals surface area contributed by atoms with Gasteiger partial charge in [-0.2, -0.15) is 0 Å². The predicted octanol–water partition coefficient (Wildman–Crippen LogP) is 5.06. The number of carbonyl (C=O) groups excluding carboxylic acids is 2. The molecule has 33 heavy (non-hydrogen) atoms. The van der Waals surface area contributed by atoms with Crippen molar-refractivity contribution in [2.75, 3.05) is 6.61 Å². The Labute approximate surface area is 209 Å². The highest BCUT2D eigenvalue weighted by Gasteiger charge is 2.18. The maximum Gasteiger partial charge on any atom is 0.279 e. The molecule has 0 aliphatic carbocycles. The summed E-state index contributed by atoms with van der Waals surface area (Å²) >= 11 is 17.0. The quantitative estimate of drug-likeness (QED) is 0.235. The van der Waals surface area contributed by atoms with E-state index in [1.807, 2.05) is 0 Å². The van der Waals surface area contributed by atoms with E-state index < -0.39 is 17.9 Å². The number of amides is 2. The van der Waals surface area contributed by atoms with Gasteiger partial charge in [-0.3, -0.25) is 25.8 Å². The Balaban J connectivity index is 1.83. The number of nitrogens with one attached hydrogen (secondary N) is 3. The number of halogens is 2. The molecule has 0 bridgehead atoms. The van der Waals surface area contributed by atoms with Crippen molar-refractivity contribution in [3.8, 4) is 11.5 Å². The second kappa shape index (κ2) is 13.9. The average molecular weight is 512 g/mol. The first-order valence-corrected chi connectivity index (χ1v) is 11.7. The molecule has 0 spiro atoms. The second-order valence-electron chi connectivity index (χ2n) is 7.14. The summed E-state index contributed by atoms with van der Waals surface area (Å²) in [6.07, 6.45) is 3.38. The van der Waals surface area contributed by atoms with Crippen molar-refractivity contribution < 1.29 is 19.1 Å². The molecule has 0 aromatic heterocycles. The Morgan fingerprint density at radius 2 is 1.79 bits per heavy atom. The minimum absolute atomic E-state index is 0.0807. The Morgan fingerprint density at radius 1 is 1.03 bits per heavy atom. The molecular weight excluding hydrogens is 485 g/mol. The van der Waals surface area contributed by atoms with Crippen LogP contribution in [0.4, 0.5) is 0 Å². The summed E-state index contributed by atoms with van der Waals surface area (Å²) in [5.74, 6) is -0.192. The molecule has 1 atom stereocenters.